The molecule has 0 aliphatic carbocycles. The maximum Gasteiger partial charge on any atom is 0.417 e. The van der Waals surface area contributed by atoms with Gasteiger partial charge in [0, 0.05) is 17.6 Å². The average Bonchev–Trinajstić information content (AvgIpc) is 3.66. The number of halogens is 6. The van der Waals surface area contributed by atoms with Gasteiger partial charge in [0.15, 0.2) is 11.2 Å². The highest BCUT2D eigenvalue weighted by Crippen LogP contribution is 2.31. The highest BCUT2D eigenvalue weighted by Gasteiger charge is 2.31. The molecule has 0 spiro atoms. The lowest BCUT2D eigenvalue weighted by Gasteiger charge is -2.11. The summed E-state index contributed by atoms with van der Waals surface area (Å²) >= 11 is 20.3. The van der Waals surface area contributed by atoms with Gasteiger partial charge in [-0.2, -0.15) is 18.4 Å². The summed E-state index contributed by atoms with van der Waals surface area (Å²) in [6, 6.07) is 10.5. The van der Waals surface area contributed by atoms with E-state index in [1.165, 1.54) is 34.8 Å². The quantitative estimate of drug-likeness (QED) is 0.162. The fourth-order valence-electron chi connectivity index (χ4n) is 3.53. The van der Waals surface area contributed by atoms with Crippen LogP contribution in [-0.4, -0.2) is 28.3 Å². The van der Waals surface area contributed by atoms with Gasteiger partial charge in [-0.05, 0) is 43.0 Å². The Morgan fingerprint density at radius 1 is 1.05 bits per heavy atom. The number of amides is 2. The second-order valence-corrected chi connectivity index (χ2v) is 11.9. The van der Waals surface area contributed by atoms with E-state index >= 15 is 0 Å². The van der Waals surface area contributed by atoms with E-state index in [0.717, 1.165) is 28.3 Å². The standard InChI is InChI=1S/C14H8Cl3F3N2O.C14H16N4OS2/c15-8-2-1-3-9(16)12(8)13(23)22-6-11-10(17)4-7(5-21-11)14(18,19)20;1-3-9-12(21-14(18-9)16-4-2)13(19)17-10(8-15)11-6-5-7-20-11/h1-5H,6H2,(H,22,23);5-7,10H,3-4H2,1-2H3,(H,16,18)(H,17,19). The Morgan fingerprint density at radius 3 is 2.30 bits per heavy atom. The number of anilines is 1. The number of rotatable bonds is 9. The molecule has 0 radical (unpaired) electrons. The molecule has 0 fully saturated rings. The van der Waals surface area contributed by atoms with E-state index in [1.54, 1.807) is 6.07 Å². The van der Waals surface area contributed by atoms with E-state index in [2.05, 4.69) is 32.0 Å². The molecule has 0 bridgehead atoms. The number of aromatic nitrogens is 2. The van der Waals surface area contributed by atoms with Crippen LogP contribution in [0.25, 0.3) is 0 Å². The first-order chi connectivity index (χ1) is 20.9. The highest BCUT2D eigenvalue weighted by molar-refractivity contribution is 7.17. The summed E-state index contributed by atoms with van der Waals surface area (Å²) in [6.45, 7) is 4.53. The van der Waals surface area contributed by atoms with E-state index in [1.807, 2.05) is 31.4 Å². The van der Waals surface area contributed by atoms with Crippen molar-refractivity contribution in [3.05, 3.63) is 95.3 Å². The van der Waals surface area contributed by atoms with Crippen LogP contribution in [-0.2, 0) is 19.1 Å². The van der Waals surface area contributed by atoms with Crippen LogP contribution in [0.2, 0.25) is 15.1 Å². The van der Waals surface area contributed by atoms with Gasteiger partial charge in [0.05, 0.1) is 50.2 Å². The van der Waals surface area contributed by atoms with E-state index < -0.39 is 23.7 Å². The van der Waals surface area contributed by atoms with Crippen LogP contribution in [0.1, 0.15) is 61.7 Å². The van der Waals surface area contributed by atoms with Crippen molar-refractivity contribution in [1.29, 1.82) is 5.26 Å². The molecule has 0 aliphatic heterocycles. The fraction of sp³-hybridized carbons (Fsp3) is 0.250. The number of thiazole rings is 1. The maximum absolute atomic E-state index is 12.5. The Morgan fingerprint density at radius 2 is 1.75 bits per heavy atom. The van der Waals surface area contributed by atoms with E-state index in [-0.39, 0.29) is 38.8 Å². The lowest BCUT2D eigenvalue weighted by Crippen LogP contribution is -2.27. The molecular formula is C28H24Cl3F3N6O2S2. The largest absolute Gasteiger partial charge is 0.417 e. The molecule has 3 aromatic heterocycles. The number of hydrogen-bond acceptors (Lipinski definition) is 8. The molecule has 16 heteroatoms. The summed E-state index contributed by atoms with van der Waals surface area (Å²) in [5, 5.41) is 20.3. The minimum atomic E-state index is -4.54. The molecular weight excluding hydrogens is 680 g/mol. The first kappa shape index (κ1) is 35.1. The molecule has 1 atom stereocenters. The molecule has 4 aromatic rings. The van der Waals surface area contributed by atoms with E-state index in [4.69, 9.17) is 34.8 Å². The van der Waals surface area contributed by atoms with Crippen LogP contribution in [0.5, 0.6) is 0 Å². The van der Waals surface area contributed by atoms with Crippen LogP contribution in [0.3, 0.4) is 0 Å². The van der Waals surface area contributed by atoms with Crippen molar-refractivity contribution in [2.45, 2.75) is 39.0 Å². The van der Waals surface area contributed by atoms with Crippen molar-refractivity contribution in [3.8, 4) is 6.07 Å². The van der Waals surface area contributed by atoms with Crippen LogP contribution >= 0.6 is 57.5 Å². The normalized spacial score (nSPS) is 11.5. The lowest BCUT2D eigenvalue weighted by molar-refractivity contribution is -0.137. The number of carbonyl (C=O) groups is 2. The number of carbonyl (C=O) groups excluding carboxylic acids is 2. The first-order valence-electron chi connectivity index (χ1n) is 12.8. The molecule has 232 valence electrons. The average molecular weight is 704 g/mol. The van der Waals surface area contributed by atoms with Crippen LogP contribution in [0.4, 0.5) is 18.3 Å². The van der Waals surface area contributed by atoms with Crippen LogP contribution in [0.15, 0.2) is 48.0 Å². The second kappa shape index (κ2) is 16.1. The van der Waals surface area contributed by atoms with Gasteiger partial charge in [-0.15, -0.1) is 11.3 Å². The van der Waals surface area contributed by atoms with Gasteiger partial charge in [-0.1, -0.05) is 65.2 Å². The molecule has 0 saturated heterocycles. The Kier molecular flexibility index (Phi) is 12.8. The third-order valence-corrected chi connectivity index (χ3v) is 8.60. The molecule has 0 saturated carbocycles. The summed E-state index contributed by atoms with van der Waals surface area (Å²) in [5.74, 6) is -0.827. The summed E-state index contributed by atoms with van der Waals surface area (Å²) in [6.07, 6.45) is -3.21. The Hall–Kier alpha value is -3.41. The number of hydrogen-bond donors (Lipinski definition) is 3. The first-order valence-corrected chi connectivity index (χ1v) is 15.6. The number of nitrogens with one attached hydrogen (secondary N) is 3. The summed E-state index contributed by atoms with van der Waals surface area (Å²) < 4.78 is 37.6. The third-order valence-electron chi connectivity index (χ3n) is 5.65. The van der Waals surface area contributed by atoms with Crippen molar-refractivity contribution >= 4 is 74.4 Å². The van der Waals surface area contributed by atoms with Crippen LogP contribution < -0.4 is 16.0 Å². The Labute approximate surface area is 274 Å². The number of benzene rings is 1. The number of alkyl halides is 3. The molecule has 8 nitrogen and oxygen atoms in total. The fourth-order valence-corrected chi connectivity index (χ4v) is 6.08. The Bertz CT molecular complexity index is 1620. The van der Waals surface area contributed by atoms with Crippen molar-refractivity contribution in [1.82, 2.24) is 20.6 Å². The van der Waals surface area contributed by atoms with Gasteiger partial charge >= 0.3 is 6.18 Å². The predicted molar refractivity (Wildman–Crippen MR) is 168 cm³/mol. The molecule has 3 N–H and O–H groups in total. The van der Waals surface area contributed by atoms with Gasteiger partial charge in [0.2, 0.25) is 0 Å². The molecule has 2 amide bonds. The topological polar surface area (TPSA) is 120 Å². The van der Waals surface area contributed by atoms with Crippen molar-refractivity contribution in [2.75, 3.05) is 11.9 Å². The molecule has 4 rings (SSSR count). The van der Waals surface area contributed by atoms with Gasteiger partial charge in [0.25, 0.3) is 11.8 Å². The third kappa shape index (κ3) is 9.30. The van der Waals surface area contributed by atoms with Crippen LogP contribution in [0, 0.1) is 11.3 Å². The zero-order chi connectivity index (χ0) is 32.4. The number of nitriles is 1. The summed E-state index contributed by atoms with van der Waals surface area (Å²) in [7, 11) is 0. The van der Waals surface area contributed by atoms with Crippen molar-refractivity contribution in [3.63, 3.8) is 0 Å². The monoisotopic (exact) mass is 702 g/mol. The summed E-state index contributed by atoms with van der Waals surface area (Å²) in [4.78, 5) is 33.9. The van der Waals surface area contributed by atoms with E-state index in [0.29, 0.717) is 17.5 Å². The maximum atomic E-state index is 12.5. The van der Waals surface area contributed by atoms with Crippen molar-refractivity contribution in [2.24, 2.45) is 0 Å². The molecule has 1 aromatic carbocycles. The Balaban J connectivity index is 0.000000241. The second-order valence-electron chi connectivity index (χ2n) is 8.66. The number of pyridine rings is 1. The number of thiophene rings is 1. The van der Waals surface area contributed by atoms with Gasteiger partial charge < -0.3 is 16.0 Å². The smallest absolute Gasteiger partial charge is 0.362 e. The predicted octanol–water partition coefficient (Wildman–Crippen LogP) is 8.18. The van der Waals surface area contributed by atoms with Gasteiger partial charge in [-0.25, -0.2) is 4.98 Å². The molecule has 1 unspecified atom stereocenters. The molecule has 44 heavy (non-hydrogen) atoms. The highest BCUT2D eigenvalue weighted by atomic mass is 35.5. The molecule has 0 aliphatic rings. The summed E-state index contributed by atoms with van der Waals surface area (Å²) in [5.41, 5.74) is -0.0434. The SMILES string of the molecule is CCNc1nc(CC)c(C(=O)NC(C#N)c2cccs2)s1.O=C(NCc1ncc(C(F)(F)F)cc1Cl)c1c(Cl)cccc1Cl. The zero-order valence-electron chi connectivity index (χ0n) is 23.1. The minimum Gasteiger partial charge on any atom is -0.362 e. The number of aryl methyl sites for hydroxylation is 1. The van der Waals surface area contributed by atoms with Gasteiger partial charge in [0.1, 0.15) is 4.88 Å². The van der Waals surface area contributed by atoms with E-state index in [9.17, 15) is 28.0 Å². The molecule has 3 heterocycles. The minimum absolute atomic E-state index is 0.0684. The lowest BCUT2D eigenvalue weighted by atomic mass is 10.2. The number of nitrogens with zero attached hydrogens (tertiary/aromatic N) is 3. The van der Waals surface area contributed by atoms with Gasteiger partial charge in [-0.3, -0.25) is 14.6 Å². The zero-order valence-corrected chi connectivity index (χ0v) is 27.0. The van der Waals surface area contributed by atoms with Crippen molar-refractivity contribution < 1.29 is 22.8 Å².